The van der Waals surface area contributed by atoms with E-state index in [1.165, 1.54) is 12.0 Å². The molecule has 0 fully saturated rings. The van der Waals surface area contributed by atoms with Crippen molar-refractivity contribution in [2.24, 2.45) is 0 Å². The lowest BCUT2D eigenvalue weighted by molar-refractivity contribution is 0.101. The SMILES string of the molecule is C=C1c2ccccc2C(=O)N1c1c(C#N)cccc1OC. The summed E-state index contributed by atoms with van der Waals surface area (Å²) in [4.78, 5) is 14.1. The first kappa shape index (κ1) is 12.9. The number of para-hydroxylation sites is 1. The molecule has 0 unspecified atom stereocenters. The smallest absolute Gasteiger partial charge is 0.263 e. The molecule has 0 radical (unpaired) electrons. The summed E-state index contributed by atoms with van der Waals surface area (Å²) in [6.45, 7) is 3.99. The van der Waals surface area contributed by atoms with Crippen LogP contribution in [0.2, 0.25) is 0 Å². The molecule has 1 amide bonds. The molecule has 0 aliphatic carbocycles. The van der Waals surface area contributed by atoms with Crippen molar-refractivity contribution in [2.45, 2.75) is 0 Å². The lowest BCUT2D eigenvalue weighted by Crippen LogP contribution is -2.23. The van der Waals surface area contributed by atoms with E-state index in [2.05, 4.69) is 12.6 Å². The molecule has 2 aromatic carbocycles. The Bertz CT molecular complexity index is 768. The molecular formula is C17H12N2O2. The van der Waals surface area contributed by atoms with Gasteiger partial charge in [0.15, 0.2) is 0 Å². The van der Waals surface area contributed by atoms with E-state index < -0.39 is 0 Å². The number of nitrogens with zero attached hydrogens (tertiary/aromatic N) is 2. The number of nitriles is 1. The van der Waals surface area contributed by atoms with E-state index in [1.807, 2.05) is 12.1 Å². The second-order valence-corrected chi connectivity index (χ2v) is 4.60. The molecule has 0 spiro atoms. The van der Waals surface area contributed by atoms with Crippen LogP contribution in [0.25, 0.3) is 5.70 Å². The van der Waals surface area contributed by atoms with Gasteiger partial charge < -0.3 is 4.74 Å². The molecule has 0 saturated carbocycles. The second kappa shape index (κ2) is 4.80. The number of ether oxygens (including phenoxy) is 1. The van der Waals surface area contributed by atoms with Crippen molar-refractivity contribution < 1.29 is 9.53 Å². The van der Waals surface area contributed by atoms with E-state index in [4.69, 9.17) is 4.74 Å². The zero-order chi connectivity index (χ0) is 15.0. The third-order valence-corrected chi connectivity index (χ3v) is 3.50. The lowest BCUT2D eigenvalue weighted by Gasteiger charge is -2.21. The largest absolute Gasteiger partial charge is 0.495 e. The van der Waals surface area contributed by atoms with Crippen LogP contribution in [0.15, 0.2) is 49.0 Å². The maximum absolute atomic E-state index is 12.6. The van der Waals surface area contributed by atoms with Crippen molar-refractivity contribution in [2.75, 3.05) is 12.0 Å². The molecular weight excluding hydrogens is 264 g/mol. The molecule has 21 heavy (non-hydrogen) atoms. The van der Waals surface area contributed by atoms with Gasteiger partial charge in [0.1, 0.15) is 17.5 Å². The quantitative estimate of drug-likeness (QED) is 0.846. The first-order valence-corrected chi connectivity index (χ1v) is 6.39. The van der Waals surface area contributed by atoms with E-state index in [-0.39, 0.29) is 5.91 Å². The fraction of sp³-hybridized carbons (Fsp3) is 0.0588. The molecule has 3 rings (SSSR count). The van der Waals surface area contributed by atoms with Crippen LogP contribution < -0.4 is 9.64 Å². The van der Waals surface area contributed by atoms with Crippen molar-refractivity contribution in [1.82, 2.24) is 0 Å². The minimum atomic E-state index is -0.198. The average molecular weight is 276 g/mol. The Morgan fingerprint density at radius 2 is 1.86 bits per heavy atom. The third kappa shape index (κ3) is 1.79. The lowest BCUT2D eigenvalue weighted by atomic mass is 10.1. The molecule has 1 aliphatic heterocycles. The Kier molecular flexibility index (Phi) is 2.96. The Hall–Kier alpha value is -3.06. The Balaban J connectivity index is 2.23. The van der Waals surface area contributed by atoms with Gasteiger partial charge in [-0.05, 0) is 18.2 Å². The minimum Gasteiger partial charge on any atom is -0.495 e. The standard InChI is InChI=1S/C17H12N2O2/c1-11-13-7-3-4-8-14(13)17(20)19(11)16-12(10-18)6-5-9-15(16)21-2/h3-9H,1H2,2H3. The van der Waals surface area contributed by atoms with Gasteiger partial charge in [0.2, 0.25) is 0 Å². The minimum absolute atomic E-state index is 0.198. The predicted octanol–water partition coefficient (Wildman–Crippen LogP) is 3.20. The number of amides is 1. The highest BCUT2D eigenvalue weighted by Gasteiger charge is 2.34. The van der Waals surface area contributed by atoms with E-state index in [9.17, 15) is 10.1 Å². The van der Waals surface area contributed by atoms with Crippen LogP contribution in [0.5, 0.6) is 5.75 Å². The molecule has 2 aromatic rings. The summed E-state index contributed by atoms with van der Waals surface area (Å²) >= 11 is 0. The van der Waals surface area contributed by atoms with Crippen LogP contribution in [0.3, 0.4) is 0 Å². The predicted molar refractivity (Wildman–Crippen MR) is 80.0 cm³/mol. The molecule has 1 heterocycles. The first-order chi connectivity index (χ1) is 10.2. The molecule has 102 valence electrons. The van der Waals surface area contributed by atoms with Crippen molar-refractivity contribution in [3.8, 4) is 11.8 Å². The van der Waals surface area contributed by atoms with Gasteiger partial charge in [0.25, 0.3) is 5.91 Å². The van der Waals surface area contributed by atoms with Gasteiger partial charge in [-0.1, -0.05) is 30.8 Å². The zero-order valence-electron chi connectivity index (χ0n) is 11.5. The van der Waals surface area contributed by atoms with Crippen molar-refractivity contribution in [3.63, 3.8) is 0 Å². The van der Waals surface area contributed by atoms with E-state index in [0.717, 1.165) is 5.56 Å². The first-order valence-electron chi connectivity index (χ1n) is 6.39. The highest BCUT2D eigenvalue weighted by molar-refractivity contribution is 6.23. The number of methoxy groups -OCH3 is 1. The van der Waals surface area contributed by atoms with Crippen LogP contribution >= 0.6 is 0 Å². The number of carbonyl (C=O) groups excluding carboxylic acids is 1. The van der Waals surface area contributed by atoms with Gasteiger partial charge >= 0.3 is 0 Å². The highest BCUT2D eigenvalue weighted by atomic mass is 16.5. The topological polar surface area (TPSA) is 53.3 Å². The number of rotatable bonds is 2. The third-order valence-electron chi connectivity index (χ3n) is 3.50. The summed E-state index contributed by atoms with van der Waals surface area (Å²) < 4.78 is 5.31. The van der Waals surface area contributed by atoms with Crippen LogP contribution in [0, 0.1) is 11.3 Å². The second-order valence-electron chi connectivity index (χ2n) is 4.60. The summed E-state index contributed by atoms with van der Waals surface area (Å²) in [6, 6.07) is 14.5. The Labute approximate surface area is 122 Å². The Morgan fingerprint density at radius 1 is 1.14 bits per heavy atom. The van der Waals surface area contributed by atoms with Crippen LogP contribution in [0.1, 0.15) is 21.5 Å². The molecule has 0 N–H and O–H groups in total. The highest BCUT2D eigenvalue weighted by Crippen LogP contribution is 2.41. The maximum atomic E-state index is 12.6. The number of fused-ring (bicyclic) bond motifs is 1. The van der Waals surface area contributed by atoms with E-state index in [1.54, 1.807) is 30.3 Å². The fourth-order valence-electron chi connectivity index (χ4n) is 2.53. The van der Waals surface area contributed by atoms with Crippen molar-refractivity contribution in [1.29, 1.82) is 5.26 Å². The number of hydrogen-bond donors (Lipinski definition) is 0. The number of anilines is 1. The molecule has 0 saturated heterocycles. The summed E-state index contributed by atoms with van der Waals surface area (Å²) in [5.74, 6) is 0.271. The molecule has 0 aromatic heterocycles. The molecule has 4 nitrogen and oxygen atoms in total. The molecule has 0 bridgehead atoms. The Morgan fingerprint density at radius 3 is 2.48 bits per heavy atom. The summed E-state index contributed by atoms with van der Waals surface area (Å²) in [7, 11) is 1.51. The molecule has 4 heteroatoms. The van der Waals surface area contributed by atoms with Gasteiger partial charge in [0, 0.05) is 11.1 Å². The van der Waals surface area contributed by atoms with E-state index in [0.29, 0.717) is 28.3 Å². The van der Waals surface area contributed by atoms with Crippen LogP contribution in [0.4, 0.5) is 5.69 Å². The number of benzene rings is 2. The van der Waals surface area contributed by atoms with Gasteiger partial charge in [0.05, 0.1) is 18.4 Å². The van der Waals surface area contributed by atoms with Crippen molar-refractivity contribution in [3.05, 3.63) is 65.7 Å². The van der Waals surface area contributed by atoms with Crippen molar-refractivity contribution >= 4 is 17.3 Å². The van der Waals surface area contributed by atoms with E-state index >= 15 is 0 Å². The van der Waals surface area contributed by atoms with Crippen LogP contribution in [-0.4, -0.2) is 13.0 Å². The zero-order valence-corrected chi connectivity index (χ0v) is 11.5. The molecule has 1 aliphatic rings. The monoisotopic (exact) mass is 276 g/mol. The molecule has 0 atom stereocenters. The van der Waals surface area contributed by atoms with Crippen LogP contribution in [-0.2, 0) is 0 Å². The average Bonchev–Trinajstić information content (AvgIpc) is 2.78. The van der Waals surface area contributed by atoms with Gasteiger partial charge in [-0.15, -0.1) is 0 Å². The maximum Gasteiger partial charge on any atom is 0.263 e. The van der Waals surface area contributed by atoms with Gasteiger partial charge in [-0.3, -0.25) is 9.69 Å². The summed E-state index contributed by atoms with van der Waals surface area (Å²) in [5.41, 5.74) is 2.72. The summed E-state index contributed by atoms with van der Waals surface area (Å²) in [6.07, 6.45) is 0. The summed E-state index contributed by atoms with van der Waals surface area (Å²) in [5, 5.41) is 9.32. The number of hydrogen-bond acceptors (Lipinski definition) is 3. The normalized spacial score (nSPS) is 13.0. The fourth-order valence-corrected chi connectivity index (χ4v) is 2.53. The van der Waals surface area contributed by atoms with Gasteiger partial charge in [-0.2, -0.15) is 5.26 Å². The van der Waals surface area contributed by atoms with Gasteiger partial charge in [-0.25, -0.2) is 0 Å². The number of carbonyl (C=O) groups is 1.